The molecule has 2 rings (SSSR count). The summed E-state index contributed by atoms with van der Waals surface area (Å²) in [6.07, 6.45) is 2.33. The molecule has 1 aromatic heterocycles. The maximum atomic E-state index is 6.06. The van der Waals surface area contributed by atoms with Crippen molar-refractivity contribution in [2.75, 3.05) is 0 Å². The van der Waals surface area contributed by atoms with E-state index in [-0.39, 0.29) is 4.99 Å². The van der Waals surface area contributed by atoms with Gasteiger partial charge in [0.2, 0.25) is 5.88 Å². The standard InChI is InChI=1S/C13H12ClN3OS/c1-2-8-7-9(3-4-11(8)14)18-13-10(12(15)19)5-6-16-17-13/h3-7H,2H2,1H3,(H2,15,19). The lowest BCUT2D eigenvalue weighted by atomic mass is 10.1. The van der Waals surface area contributed by atoms with Crippen LogP contribution in [0.2, 0.25) is 5.02 Å². The summed E-state index contributed by atoms with van der Waals surface area (Å²) in [5.74, 6) is 0.915. The van der Waals surface area contributed by atoms with Crippen LogP contribution in [0.25, 0.3) is 0 Å². The first kappa shape index (κ1) is 13.7. The van der Waals surface area contributed by atoms with Gasteiger partial charge in [0.05, 0.1) is 11.8 Å². The number of hydrogen-bond donors (Lipinski definition) is 1. The molecule has 0 spiro atoms. The van der Waals surface area contributed by atoms with Crippen molar-refractivity contribution in [1.82, 2.24) is 10.2 Å². The van der Waals surface area contributed by atoms with Gasteiger partial charge < -0.3 is 10.5 Å². The SMILES string of the molecule is CCc1cc(Oc2nnccc2C(N)=S)ccc1Cl. The maximum Gasteiger partial charge on any atom is 0.249 e. The van der Waals surface area contributed by atoms with Crippen molar-refractivity contribution in [3.63, 3.8) is 0 Å². The molecule has 0 aliphatic heterocycles. The van der Waals surface area contributed by atoms with Gasteiger partial charge in [-0.25, -0.2) is 0 Å². The highest BCUT2D eigenvalue weighted by Gasteiger charge is 2.10. The molecule has 0 atom stereocenters. The second kappa shape index (κ2) is 5.95. The third-order valence-corrected chi connectivity index (χ3v) is 3.15. The van der Waals surface area contributed by atoms with Crippen molar-refractivity contribution < 1.29 is 4.74 Å². The van der Waals surface area contributed by atoms with Crippen molar-refractivity contribution >= 4 is 28.8 Å². The Bertz CT molecular complexity index is 619. The van der Waals surface area contributed by atoms with E-state index in [0.29, 0.717) is 22.2 Å². The molecule has 4 nitrogen and oxygen atoms in total. The smallest absolute Gasteiger partial charge is 0.249 e. The molecular formula is C13H12ClN3OS. The Morgan fingerprint density at radius 1 is 1.42 bits per heavy atom. The van der Waals surface area contributed by atoms with E-state index in [4.69, 9.17) is 34.3 Å². The molecule has 0 aliphatic carbocycles. The van der Waals surface area contributed by atoms with Crippen molar-refractivity contribution in [3.8, 4) is 11.6 Å². The fourth-order valence-electron chi connectivity index (χ4n) is 1.58. The molecule has 2 aromatic rings. The molecule has 1 aromatic carbocycles. The van der Waals surface area contributed by atoms with Crippen molar-refractivity contribution in [1.29, 1.82) is 0 Å². The van der Waals surface area contributed by atoms with Crippen molar-refractivity contribution in [2.24, 2.45) is 5.73 Å². The zero-order chi connectivity index (χ0) is 13.8. The average Bonchev–Trinajstić information content (AvgIpc) is 2.41. The minimum Gasteiger partial charge on any atom is -0.437 e. The van der Waals surface area contributed by atoms with Crippen LogP contribution >= 0.6 is 23.8 Å². The number of aromatic nitrogens is 2. The number of thiocarbonyl (C=S) groups is 1. The summed E-state index contributed by atoms with van der Waals surface area (Å²) in [6.45, 7) is 2.02. The van der Waals surface area contributed by atoms with Gasteiger partial charge in [-0.05, 0) is 36.2 Å². The van der Waals surface area contributed by atoms with E-state index in [0.717, 1.165) is 12.0 Å². The fourth-order valence-corrected chi connectivity index (χ4v) is 1.99. The van der Waals surface area contributed by atoms with E-state index in [1.165, 1.54) is 6.20 Å². The van der Waals surface area contributed by atoms with Gasteiger partial charge in [0, 0.05) is 5.02 Å². The van der Waals surface area contributed by atoms with E-state index < -0.39 is 0 Å². The Labute approximate surface area is 121 Å². The molecule has 0 aliphatic rings. The molecule has 6 heteroatoms. The van der Waals surface area contributed by atoms with Crippen LogP contribution in [0.1, 0.15) is 18.1 Å². The molecule has 1 heterocycles. The first-order valence-corrected chi connectivity index (χ1v) is 6.48. The molecule has 0 amide bonds. The quantitative estimate of drug-likeness (QED) is 0.878. The lowest BCUT2D eigenvalue weighted by Gasteiger charge is -2.09. The molecule has 0 saturated heterocycles. The highest BCUT2D eigenvalue weighted by atomic mass is 35.5. The highest BCUT2D eigenvalue weighted by molar-refractivity contribution is 7.80. The predicted octanol–water partition coefficient (Wildman–Crippen LogP) is 3.12. The van der Waals surface area contributed by atoms with Crippen molar-refractivity contribution in [3.05, 3.63) is 46.6 Å². The molecule has 0 bridgehead atoms. The normalized spacial score (nSPS) is 10.2. The van der Waals surface area contributed by atoms with E-state index in [9.17, 15) is 0 Å². The molecule has 0 unspecified atom stereocenters. The van der Waals surface area contributed by atoms with Crippen LogP contribution in [0.15, 0.2) is 30.5 Å². The first-order valence-electron chi connectivity index (χ1n) is 5.69. The third-order valence-electron chi connectivity index (χ3n) is 2.56. The van der Waals surface area contributed by atoms with Gasteiger partial charge in [0.15, 0.2) is 0 Å². The molecule has 0 saturated carbocycles. The average molecular weight is 294 g/mol. The second-order valence-corrected chi connectivity index (χ2v) is 4.67. The summed E-state index contributed by atoms with van der Waals surface area (Å²) in [4.78, 5) is 0.217. The summed E-state index contributed by atoms with van der Waals surface area (Å²) in [5, 5.41) is 8.38. The van der Waals surface area contributed by atoms with E-state index >= 15 is 0 Å². The van der Waals surface area contributed by atoms with Gasteiger partial charge in [-0.3, -0.25) is 0 Å². The predicted molar refractivity (Wildman–Crippen MR) is 78.8 cm³/mol. The highest BCUT2D eigenvalue weighted by Crippen LogP contribution is 2.27. The van der Waals surface area contributed by atoms with Gasteiger partial charge in [-0.15, -0.1) is 5.10 Å². The van der Waals surface area contributed by atoms with Gasteiger partial charge in [-0.2, -0.15) is 5.10 Å². The number of benzene rings is 1. The van der Waals surface area contributed by atoms with Gasteiger partial charge in [-0.1, -0.05) is 30.7 Å². The Balaban J connectivity index is 2.34. The summed E-state index contributed by atoms with van der Waals surface area (Å²) in [7, 11) is 0. The van der Waals surface area contributed by atoms with E-state index in [1.54, 1.807) is 18.2 Å². The number of hydrogen-bond acceptors (Lipinski definition) is 4. The van der Waals surface area contributed by atoms with Crippen LogP contribution in [0.3, 0.4) is 0 Å². The van der Waals surface area contributed by atoms with Crippen LogP contribution in [0.4, 0.5) is 0 Å². The fraction of sp³-hybridized carbons (Fsp3) is 0.154. The number of nitrogens with two attached hydrogens (primary N) is 1. The first-order chi connectivity index (χ1) is 9.11. The molecule has 0 fully saturated rings. The lowest BCUT2D eigenvalue weighted by molar-refractivity contribution is 0.453. The molecule has 0 radical (unpaired) electrons. The number of rotatable bonds is 4. The largest absolute Gasteiger partial charge is 0.437 e. The van der Waals surface area contributed by atoms with Gasteiger partial charge in [0.25, 0.3) is 0 Å². The minimum atomic E-state index is 0.217. The topological polar surface area (TPSA) is 61.0 Å². The molecular weight excluding hydrogens is 282 g/mol. The van der Waals surface area contributed by atoms with Crippen LogP contribution < -0.4 is 10.5 Å². The van der Waals surface area contributed by atoms with E-state index in [2.05, 4.69) is 10.2 Å². The number of aryl methyl sites for hydroxylation is 1. The Morgan fingerprint density at radius 3 is 2.89 bits per heavy atom. The Hall–Kier alpha value is -1.72. The third kappa shape index (κ3) is 3.19. The molecule has 2 N–H and O–H groups in total. The Kier molecular flexibility index (Phi) is 4.29. The van der Waals surface area contributed by atoms with Gasteiger partial charge in [0.1, 0.15) is 10.7 Å². The van der Waals surface area contributed by atoms with Gasteiger partial charge >= 0.3 is 0 Å². The molecule has 98 valence electrons. The number of ether oxygens (including phenoxy) is 1. The summed E-state index contributed by atoms with van der Waals surface area (Å²) >= 11 is 11.0. The number of halogens is 1. The van der Waals surface area contributed by atoms with Crippen LogP contribution in [-0.2, 0) is 6.42 Å². The van der Waals surface area contributed by atoms with Crippen LogP contribution in [-0.4, -0.2) is 15.2 Å². The van der Waals surface area contributed by atoms with E-state index in [1.807, 2.05) is 13.0 Å². The van der Waals surface area contributed by atoms with Crippen LogP contribution in [0.5, 0.6) is 11.6 Å². The van der Waals surface area contributed by atoms with Crippen molar-refractivity contribution in [2.45, 2.75) is 13.3 Å². The summed E-state index contributed by atoms with van der Waals surface area (Å²) in [6, 6.07) is 7.08. The zero-order valence-electron chi connectivity index (χ0n) is 10.3. The molecule has 19 heavy (non-hydrogen) atoms. The Morgan fingerprint density at radius 2 is 2.21 bits per heavy atom. The monoisotopic (exact) mass is 293 g/mol. The maximum absolute atomic E-state index is 6.06. The lowest BCUT2D eigenvalue weighted by Crippen LogP contribution is -2.12. The summed E-state index contributed by atoms with van der Waals surface area (Å²) in [5.41, 5.74) is 7.16. The van der Waals surface area contributed by atoms with Crippen LogP contribution in [0, 0.1) is 0 Å². The second-order valence-electron chi connectivity index (χ2n) is 3.82. The number of nitrogens with zero attached hydrogens (tertiary/aromatic N) is 2. The minimum absolute atomic E-state index is 0.217. The zero-order valence-corrected chi connectivity index (χ0v) is 11.8. The summed E-state index contributed by atoms with van der Waals surface area (Å²) < 4.78 is 5.67.